The molecular weight excluding hydrogens is 174 g/mol. The molecule has 0 atom stereocenters. The van der Waals surface area contributed by atoms with Gasteiger partial charge in [0.15, 0.2) is 5.76 Å². The zero-order valence-electron chi connectivity index (χ0n) is 6.47. The fourth-order valence-electron chi connectivity index (χ4n) is 1.04. The number of rotatable bonds is 2. The van der Waals surface area contributed by atoms with E-state index in [0.717, 1.165) is 0 Å². The molecule has 0 fully saturated rings. The highest BCUT2D eigenvalue weighted by molar-refractivity contribution is 5.62. The van der Waals surface area contributed by atoms with Gasteiger partial charge in [-0.05, 0) is 12.1 Å². The largest absolute Gasteiger partial charge is 0.461 e. The highest BCUT2D eigenvalue weighted by Gasteiger charge is 2.20. The Morgan fingerprint density at radius 2 is 2.08 bits per heavy atom. The van der Waals surface area contributed by atoms with E-state index < -0.39 is 4.92 Å². The predicted octanol–water partition coefficient (Wildman–Crippen LogP) is 2.45. The first-order chi connectivity index (χ1) is 6.29. The molecule has 5 nitrogen and oxygen atoms in total. The van der Waals surface area contributed by atoms with E-state index in [1.807, 2.05) is 0 Å². The second-order valence-electron chi connectivity index (χ2n) is 2.37. The van der Waals surface area contributed by atoms with Gasteiger partial charge >= 0.3 is 5.69 Å². The Kier molecular flexibility index (Phi) is 1.63. The molecule has 13 heavy (non-hydrogen) atoms. The van der Waals surface area contributed by atoms with Gasteiger partial charge in [-0.1, -0.05) is 0 Å². The first kappa shape index (κ1) is 7.60. The van der Waals surface area contributed by atoms with Crippen LogP contribution in [-0.2, 0) is 0 Å². The maximum atomic E-state index is 10.5. The Balaban J connectivity index is 2.52. The quantitative estimate of drug-likeness (QED) is 0.524. The smallest absolute Gasteiger partial charge is 0.318 e. The molecule has 2 aromatic rings. The van der Waals surface area contributed by atoms with Crippen molar-refractivity contribution in [2.24, 2.45) is 0 Å². The van der Waals surface area contributed by atoms with Crippen LogP contribution < -0.4 is 0 Å². The van der Waals surface area contributed by atoms with Crippen molar-refractivity contribution in [1.82, 2.24) is 0 Å². The third kappa shape index (κ3) is 1.20. The van der Waals surface area contributed by atoms with Crippen LogP contribution in [0, 0.1) is 10.1 Å². The molecular formula is C8H5NO4. The summed E-state index contributed by atoms with van der Waals surface area (Å²) in [7, 11) is 0. The van der Waals surface area contributed by atoms with E-state index >= 15 is 0 Å². The van der Waals surface area contributed by atoms with Gasteiger partial charge in [-0.25, -0.2) is 0 Å². The second kappa shape index (κ2) is 2.78. The molecule has 2 heterocycles. The van der Waals surface area contributed by atoms with Crippen molar-refractivity contribution < 1.29 is 13.8 Å². The summed E-state index contributed by atoms with van der Waals surface area (Å²) >= 11 is 0. The average Bonchev–Trinajstić information content (AvgIpc) is 2.74. The van der Waals surface area contributed by atoms with E-state index in [4.69, 9.17) is 8.83 Å². The number of nitrogens with zero attached hydrogens (tertiary/aromatic N) is 1. The van der Waals surface area contributed by atoms with Gasteiger partial charge in [-0.15, -0.1) is 0 Å². The monoisotopic (exact) mass is 179 g/mol. The molecule has 0 saturated heterocycles. The van der Waals surface area contributed by atoms with Crippen LogP contribution in [0.2, 0.25) is 0 Å². The fourth-order valence-corrected chi connectivity index (χ4v) is 1.04. The Labute approximate surface area is 72.7 Å². The van der Waals surface area contributed by atoms with Gasteiger partial charge in [0.2, 0.25) is 5.76 Å². The minimum Gasteiger partial charge on any atom is -0.461 e. The Hall–Kier alpha value is -2.04. The van der Waals surface area contributed by atoms with Crippen LogP contribution in [-0.4, -0.2) is 4.92 Å². The minimum absolute atomic E-state index is 0.0880. The van der Waals surface area contributed by atoms with Crippen molar-refractivity contribution in [3.8, 4) is 11.5 Å². The average molecular weight is 179 g/mol. The molecule has 0 amide bonds. The molecule has 0 saturated carbocycles. The highest BCUT2D eigenvalue weighted by atomic mass is 16.6. The molecule has 2 rings (SSSR count). The maximum absolute atomic E-state index is 10.5. The van der Waals surface area contributed by atoms with Crippen molar-refractivity contribution in [1.29, 1.82) is 0 Å². The van der Waals surface area contributed by atoms with Crippen LogP contribution >= 0.6 is 0 Å². The van der Waals surface area contributed by atoms with Crippen LogP contribution in [0.15, 0.2) is 39.6 Å². The van der Waals surface area contributed by atoms with Crippen molar-refractivity contribution in [2.45, 2.75) is 0 Å². The molecule has 0 radical (unpaired) electrons. The van der Waals surface area contributed by atoms with Gasteiger partial charge in [0.1, 0.15) is 0 Å². The van der Waals surface area contributed by atoms with Gasteiger partial charge in [-0.3, -0.25) is 10.1 Å². The first-order valence-electron chi connectivity index (χ1n) is 3.55. The highest BCUT2D eigenvalue weighted by Crippen LogP contribution is 2.30. The maximum Gasteiger partial charge on any atom is 0.318 e. The summed E-state index contributed by atoms with van der Waals surface area (Å²) in [6.45, 7) is 0. The topological polar surface area (TPSA) is 69.4 Å². The molecule has 0 spiro atoms. The van der Waals surface area contributed by atoms with Gasteiger partial charge in [-0.2, -0.15) is 0 Å². The molecule has 0 aliphatic heterocycles. The van der Waals surface area contributed by atoms with Gasteiger partial charge < -0.3 is 8.83 Å². The lowest BCUT2D eigenvalue weighted by Gasteiger charge is -1.89. The molecule has 66 valence electrons. The van der Waals surface area contributed by atoms with Crippen LogP contribution in [0.4, 0.5) is 5.69 Å². The van der Waals surface area contributed by atoms with Crippen molar-refractivity contribution in [2.75, 3.05) is 0 Å². The lowest BCUT2D eigenvalue weighted by Crippen LogP contribution is -1.86. The second-order valence-corrected chi connectivity index (χ2v) is 2.37. The lowest BCUT2D eigenvalue weighted by molar-refractivity contribution is -0.384. The predicted molar refractivity (Wildman–Crippen MR) is 43.1 cm³/mol. The number of hydrogen-bond acceptors (Lipinski definition) is 4. The summed E-state index contributed by atoms with van der Waals surface area (Å²) in [5.74, 6) is 0.506. The van der Waals surface area contributed by atoms with E-state index in [0.29, 0.717) is 5.76 Å². The van der Waals surface area contributed by atoms with E-state index in [-0.39, 0.29) is 11.4 Å². The Bertz CT molecular complexity index is 415. The van der Waals surface area contributed by atoms with Crippen LogP contribution in [0.3, 0.4) is 0 Å². The van der Waals surface area contributed by atoms with E-state index in [1.54, 1.807) is 12.1 Å². The van der Waals surface area contributed by atoms with E-state index in [9.17, 15) is 10.1 Å². The number of furan rings is 2. The molecule has 0 aliphatic carbocycles. The fraction of sp³-hybridized carbons (Fsp3) is 0. The molecule has 2 aromatic heterocycles. The van der Waals surface area contributed by atoms with Gasteiger partial charge in [0.25, 0.3) is 0 Å². The zero-order chi connectivity index (χ0) is 9.26. The zero-order valence-corrected chi connectivity index (χ0v) is 6.47. The summed E-state index contributed by atoms with van der Waals surface area (Å²) in [5, 5.41) is 10.5. The first-order valence-corrected chi connectivity index (χ1v) is 3.55. The van der Waals surface area contributed by atoms with Gasteiger partial charge in [0.05, 0.1) is 23.5 Å². The molecule has 0 aromatic carbocycles. The molecule has 0 N–H and O–H groups in total. The molecule has 5 heteroatoms. The van der Waals surface area contributed by atoms with E-state index in [2.05, 4.69) is 0 Å². The summed E-state index contributed by atoms with van der Waals surface area (Å²) in [5.41, 5.74) is -0.0880. The Morgan fingerprint density at radius 1 is 1.23 bits per heavy atom. The third-order valence-corrected chi connectivity index (χ3v) is 1.59. The summed E-state index contributed by atoms with van der Waals surface area (Å²) in [4.78, 5) is 9.97. The van der Waals surface area contributed by atoms with E-state index in [1.165, 1.54) is 18.6 Å². The number of nitro groups is 1. The van der Waals surface area contributed by atoms with Crippen molar-refractivity contribution in [3.63, 3.8) is 0 Å². The standard InChI is InChI=1S/C8H5NO4/c10-9(11)6-3-5-13-8(6)7-2-1-4-12-7/h1-5H. The normalized spacial score (nSPS) is 10.2. The Morgan fingerprint density at radius 3 is 2.69 bits per heavy atom. The van der Waals surface area contributed by atoms with Crippen molar-refractivity contribution >= 4 is 5.69 Å². The minimum atomic E-state index is -0.513. The van der Waals surface area contributed by atoms with Crippen molar-refractivity contribution in [3.05, 3.63) is 40.8 Å². The van der Waals surface area contributed by atoms with Gasteiger partial charge in [0, 0.05) is 0 Å². The summed E-state index contributed by atoms with van der Waals surface area (Å²) in [6, 6.07) is 4.53. The number of hydrogen-bond donors (Lipinski definition) is 0. The third-order valence-electron chi connectivity index (χ3n) is 1.59. The lowest BCUT2D eigenvalue weighted by atomic mass is 10.3. The SMILES string of the molecule is O=[N+]([O-])c1ccoc1-c1ccco1. The molecule has 0 bridgehead atoms. The van der Waals surface area contributed by atoms with Crippen LogP contribution in [0.25, 0.3) is 11.5 Å². The molecule has 0 unspecified atom stereocenters. The van der Waals surface area contributed by atoms with Crippen LogP contribution in [0.5, 0.6) is 0 Å². The summed E-state index contributed by atoms with van der Waals surface area (Å²) < 4.78 is 9.91. The summed E-state index contributed by atoms with van der Waals surface area (Å²) in [6.07, 6.45) is 2.69. The van der Waals surface area contributed by atoms with Crippen LogP contribution in [0.1, 0.15) is 0 Å². The molecule has 0 aliphatic rings.